The number of fused-ring (bicyclic) bond motifs is 2. The number of aromatic nitrogens is 1. The monoisotopic (exact) mass is 594 g/mol. The quantitative estimate of drug-likeness (QED) is 0.303. The van der Waals surface area contributed by atoms with Crippen LogP contribution in [-0.2, 0) is 9.59 Å². The van der Waals surface area contributed by atoms with Crippen molar-refractivity contribution < 1.29 is 23.5 Å². The lowest BCUT2D eigenvalue weighted by Gasteiger charge is -2.44. The van der Waals surface area contributed by atoms with E-state index in [-0.39, 0.29) is 69.3 Å². The molecule has 1 fully saturated rings. The highest BCUT2D eigenvalue weighted by molar-refractivity contribution is 6.38. The lowest BCUT2D eigenvalue weighted by Crippen LogP contribution is -2.63. The van der Waals surface area contributed by atoms with E-state index in [4.69, 9.17) is 11.6 Å². The number of hydrogen-bond donors (Lipinski definition) is 4. The molecule has 12 heteroatoms. The van der Waals surface area contributed by atoms with Crippen molar-refractivity contribution in [1.82, 2.24) is 14.8 Å². The van der Waals surface area contributed by atoms with E-state index in [1.807, 2.05) is 0 Å². The van der Waals surface area contributed by atoms with Crippen LogP contribution in [0.15, 0.2) is 49.2 Å². The molecular weight excluding hydrogens is 566 g/mol. The summed E-state index contributed by atoms with van der Waals surface area (Å²) in [6, 6.07) is 5.64. The van der Waals surface area contributed by atoms with Crippen molar-refractivity contribution in [2.45, 2.75) is 39.0 Å². The summed E-state index contributed by atoms with van der Waals surface area (Å²) in [6.45, 7) is 8.66. The lowest BCUT2D eigenvalue weighted by molar-refractivity contribution is -0.132. The van der Waals surface area contributed by atoms with Crippen molar-refractivity contribution in [3.05, 3.63) is 82.7 Å². The smallest absolute Gasteiger partial charge is 0.249 e. The first-order valence-electron chi connectivity index (χ1n) is 13.3. The van der Waals surface area contributed by atoms with E-state index in [9.17, 15) is 20.1 Å². The van der Waals surface area contributed by atoms with Crippen LogP contribution in [0.2, 0.25) is 5.02 Å². The molecule has 3 heterocycles. The van der Waals surface area contributed by atoms with Crippen LogP contribution < -0.4 is 10.6 Å². The topological polar surface area (TPSA) is 122 Å². The summed E-state index contributed by atoms with van der Waals surface area (Å²) in [4.78, 5) is 33.4. The second-order valence-corrected chi connectivity index (χ2v) is 10.7. The Kier molecular flexibility index (Phi) is 7.74. The van der Waals surface area contributed by atoms with Crippen LogP contribution in [0.25, 0.3) is 11.1 Å². The Balaban J connectivity index is 1.79. The molecule has 218 valence electrons. The number of amidine groups is 1. The molecule has 2 amide bonds. The number of benzene rings is 2. The zero-order valence-corrected chi connectivity index (χ0v) is 23.9. The van der Waals surface area contributed by atoms with E-state index in [1.54, 1.807) is 19.9 Å². The number of carbonyl (C=O) groups is 2. The number of aryl methyl sites for hydroxylation is 1. The SMILES string of the molecule is C=CC(=O)N1CC(C)N2C(=N)c3c(Nc4c(C)ccnc4C(C)O)c(F)c(-c4ccccc4F)c(Cl)c3NC(=O)C2C1. The van der Waals surface area contributed by atoms with Gasteiger partial charge in [0, 0.05) is 29.9 Å². The zero-order chi connectivity index (χ0) is 30.5. The van der Waals surface area contributed by atoms with Gasteiger partial charge in [-0.15, -0.1) is 0 Å². The molecule has 3 atom stereocenters. The Labute approximate surface area is 246 Å². The van der Waals surface area contributed by atoms with Crippen LogP contribution in [0.4, 0.5) is 25.8 Å². The van der Waals surface area contributed by atoms with Gasteiger partial charge in [0.2, 0.25) is 11.8 Å². The molecule has 3 unspecified atom stereocenters. The fourth-order valence-electron chi connectivity index (χ4n) is 5.56. The molecule has 0 aliphatic carbocycles. The average Bonchev–Trinajstić information content (AvgIpc) is 3.06. The second-order valence-electron chi connectivity index (χ2n) is 10.4. The third-order valence-corrected chi connectivity index (χ3v) is 7.95. The van der Waals surface area contributed by atoms with Gasteiger partial charge in [-0.05, 0) is 44.5 Å². The summed E-state index contributed by atoms with van der Waals surface area (Å²) >= 11 is 6.77. The lowest BCUT2D eigenvalue weighted by atomic mass is 9.96. The van der Waals surface area contributed by atoms with Crippen molar-refractivity contribution in [1.29, 1.82) is 5.41 Å². The van der Waals surface area contributed by atoms with Crippen LogP contribution in [0, 0.1) is 24.0 Å². The number of piperazine rings is 1. The predicted molar refractivity (Wildman–Crippen MR) is 157 cm³/mol. The molecule has 3 aromatic rings. The van der Waals surface area contributed by atoms with Gasteiger partial charge in [0.05, 0.1) is 46.0 Å². The van der Waals surface area contributed by atoms with Crippen molar-refractivity contribution >= 4 is 46.3 Å². The first kappa shape index (κ1) is 29.2. The molecule has 4 N–H and O–H groups in total. The maximum Gasteiger partial charge on any atom is 0.249 e. The van der Waals surface area contributed by atoms with Crippen LogP contribution in [0.5, 0.6) is 0 Å². The average molecular weight is 595 g/mol. The number of hydrogen-bond acceptors (Lipinski definition) is 6. The highest BCUT2D eigenvalue weighted by atomic mass is 35.5. The highest BCUT2D eigenvalue weighted by Crippen LogP contribution is 2.47. The van der Waals surface area contributed by atoms with E-state index in [2.05, 4.69) is 22.2 Å². The van der Waals surface area contributed by atoms with Crippen molar-refractivity contribution in [2.24, 2.45) is 0 Å². The molecule has 0 spiro atoms. The van der Waals surface area contributed by atoms with E-state index >= 15 is 8.78 Å². The second kappa shape index (κ2) is 11.1. The molecule has 1 saturated heterocycles. The molecule has 9 nitrogen and oxygen atoms in total. The maximum absolute atomic E-state index is 16.8. The molecule has 42 heavy (non-hydrogen) atoms. The Morgan fingerprint density at radius 2 is 1.98 bits per heavy atom. The number of nitrogens with one attached hydrogen (secondary N) is 3. The number of pyridine rings is 1. The minimum Gasteiger partial charge on any atom is -0.387 e. The fraction of sp³-hybridized carbons (Fsp3) is 0.267. The third-order valence-electron chi connectivity index (χ3n) is 7.58. The molecule has 2 aromatic carbocycles. The number of halogens is 3. The minimum atomic E-state index is -1.04. The summed E-state index contributed by atoms with van der Waals surface area (Å²) in [6.07, 6.45) is 1.62. The van der Waals surface area contributed by atoms with Gasteiger partial charge in [0.1, 0.15) is 17.7 Å². The molecule has 1 aromatic heterocycles. The summed E-state index contributed by atoms with van der Waals surface area (Å²) < 4.78 is 31.9. The number of anilines is 3. The molecule has 5 rings (SSSR count). The van der Waals surface area contributed by atoms with E-state index in [1.165, 1.54) is 41.1 Å². The van der Waals surface area contributed by atoms with Crippen molar-refractivity contribution in [2.75, 3.05) is 23.7 Å². The maximum atomic E-state index is 16.8. The summed E-state index contributed by atoms with van der Waals surface area (Å²) in [5.74, 6) is -2.88. The normalized spacial score (nSPS) is 18.9. The first-order chi connectivity index (χ1) is 20.0. The zero-order valence-electron chi connectivity index (χ0n) is 23.1. The van der Waals surface area contributed by atoms with Crippen LogP contribution in [0.1, 0.15) is 36.8 Å². The van der Waals surface area contributed by atoms with Gasteiger partial charge in [-0.2, -0.15) is 0 Å². The number of carbonyl (C=O) groups excluding carboxylic acids is 2. The largest absolute Gasteiger partial charge is 0.387 e. The standard InChI is InChI=1S/C30H29ClF2N6O3/c1-5-20(41)38-12-15(3)39-19(13-38)30(42)37-27-22(29(39)34)28(36-25-14(2)10-11-35-26(25)16(4)40)24(33)21(23(27)31)17-8-6-7-9-18(17)32/h5-11,15-16,19,34,36,40H,1,12-13H2,2-4H3,(H,37,42). The van der Waals surface area contributed by atoms with Gasteiger partial charge in [-0.3, -0.25) is 20.0 Å². The molecule has 0 radical (unpaired) electrons. The van der Waals surface area contributed by atoms with Gasteiger partial charge >= 0.3 is 0 Å². The van der Waals surface area contributed by atoms with Gasteiger partial charge in [-0.1, -0.05) is 36.4 Å². The van der Waals surface area contributed by atoms with Crippen LogP contribution >= 0.6 is 11.6 Å². The number of amides is 2. The van der Waals surface area contributed by atoms with Crippen molar-refractivity contribution in [3.8, 4) is 11.1 Å². The van der Waals surface area contributed by atoms with Gasteiger partial charge in [0.25, 0.3) is 0 Å². The minimum absolute atomic E-state index is 0.0473. The summed E-state index contributed by atoms with van der Waals surface area (Å²) in [5, 5.41) is 25.2. The Bertz CT molecular complexity index is 1650. The Morgan fingerprint density at radius 3 is 2.64 bits per heavy atom. The molecule has 2 aliphatic rings. The van der Waals surface area contributed by atoms with Crippen molar-refractivity contribution in [3.63, 3.8) is 0 Å². The number of aliphatic hydroxyl groups is 1. The fourth-order valence-corrected chi connectivity index (χ4v) is 5.89. The molecule has 0 saturated carbocycles. The molecular formula is C30H29ClF2N6O3. The first-order valence-corrected chi connectivity index (χ1v) is 13.6. The van der Waals surface area contributed by atoms with E-state index in [0.717, 1.165) is 12.1 Å². The third kappa shape index (κ3) is 4.78. The predicted octanol–water partition coefficient (Wildman–Crippen LogP) is 5.15. The summed E-state index contributed by atoms with van der Waals surface area (Å²) in [7, 11) is 0. The molecule has 2 aliphatic heterocycles. The van der Waals surface area contributed by atoms with Crippen LogP contribution in [-0.4, -0.2) is 62.7 Å². The Hall–Kier alpha value is -4.35. The number of rotatable bonds is 5. The highest BCUT2D eigenvalue weighted by Gasteiger charge is 2.44. The summed E-state index contributed by atoms with van der Waals surface area (Å²) in [5.41, 5.74) is 0.240. The number of aliphatic hydroxyl groups excluding tert-OH is 1. The van der Waals surface area contributed by atoms with E-state index in [0.29, 0.717) is 5.56 Å². The van der Waals surface area contributed by atoms with E-state index < -0.39 is 35.7 Å². The Morgan fingerprint density at radius 1 is 1.26 bits per heavy atom. The van der Waals surface area contributed by atoms with Gasteiger partial charge < -0.3 is 25.5 Å². The number of nitrogens with zero attached hydrogens (tertiary/aromatic N) is 3. The van der Waals surface area contributed by atoms with Gasteiger partial charge in [0.15, 0.2) is 5.82 Å². The van der Waals surface area contributed by atoms with Gasteiger partial charge in [-0.25, -0.2) is 8.78 Å². The molecule has 0 bridgehead atoms. The van der Waals surface area contributed by atoms with Crippen LogP contribution in [0.3, 0.4) is 0 Å².